The molecule has 0 N–H and O–H groups in total. The Bertz CT molecular complexity index is 432. The van der Waals surface area contributed by atoms with Crippen LogP contribution in [-0.2, 0) is 12.7 Å². The van der Waals surface area contributed by atoms with E-state index in [-0.39, 0.29) is 0 Å². The van der Waals surface area contributed by atoms with Crippen LogP contribution in [-0.4, -0.2) is 11.2 Å². The van der Waals surface area contributed by atoms with Crippen molar-refractivity contribution in [1.29, 1.82) is 0 Å². The minimum atomic E-state index is -4.28. The SMILES string of the molecule is FC(F)(F)c1ccc(CN2C=CCCC=N2)cc1. The summed E-state index contributed by atoms with van der Waals surface area (Å²) >= 11 is 0. The van der Waals surface area contributed by atoms with Crippen LogP contribution in [0.3, 0.4) is 0 Å². The summed E-state index contributed by atoms with van der Waals surface area (Å²) in [7, 11) is 0. The van der Waals surface area contributed by atoms with E-state index >= 15 is 0 Å². The summed E-state index contributed by atoms with van der Waals surface area (Å²) in [5, 5.41) is 5.91. The first-order valence-electron chi connectivity index (χ1n) is 5.67. The number of alkyl halides is 3. The Kier molecular flexibility index (Phi) is 3.69. The fourth-order valence-corrected chi connectivity index (χ4v) is 1.65. The van der Waals surface area contributed by atoms with E-state index in [0.29, 0.717) is 6.54 Å². The zero-order valence-corrected chi connectivity index (χ0v) is 9.69. The molecule has 0 atom stereocenters. The summed E-state index contributed by atoms with van der Waals surface area (Å²) in [6.07, 6.45) is 3.20. The molecule has 0 spiro atoms. The lowest BCUT2D eigenvalue weighted by Crippen LogP contribution is -2.10. The highest BCUT2D eigenvalue weighted by molar-refractivity contribution is 5.57. The first-order valence-corrected chi connectivity index (χ1v) is 5.67. The van der Waals surface area contributed by atoms with Gasteiger partial charge in [-0.1, -0.05) is 18.2 Å². The molecule has 0 radical (unpaired) electrons. The Morgan fingerprint density at radius 3 is 2.50 bits per heavy atom. The molecule has 0 aromatic heterocycles. The number of rotatable bonds is 2. The van der Waals surface area contributed by atoms with Gasteiger partial charge in [0.15, 0.2) is 0 Å². The first-order chi connectivity index (χ1) is 8.55. The molecule has 0 unspecified atom stereocenters. The highest BCUT2D eigenvalue weighted by Crippen LogP contribution is 2.29. The second kappa shape index (κ2) is 5.25. The summed E-state index contributed by atoms with van der Waals surface area (Å²) < 4.78 is 37.2. The van der Waals surface area contributed by atoms with E-state index in [2.05, 4.69) is 5.10 Å². The number of halogens is 3. The van der Waals surface area contributed by atoms with Gasteiger partial charge in [0.05, 0.1) is 12.1 Å². The third-order valence-corrected chi connectivity index (χ3v) is 2.60. The Hall–Kier alpha value is -1.78. The second-order valence-corrected chi connectivity index (χ2v) is 4.05. The Morgan fingerprint density at radius 2 is 1.83 bits per heavy atom. The lowest BCUT2D eigenvalue weighted by atomic mass is 10.1. The van der Waals surface area contributed by atoms with Crippen molar-refractivity contribution in [2.24, 2.45) is 5.10 Å². The van der Waals surface area contributed by atoms with Crippen molar-refractivity contribution in [3.8, 4) is 0 Å². The topological polar surface area (TPSA) is 15.6 Å². The van der Waals surface area contributed by atoms with Crippen molar-refractivity contribution in [2.45, 2.75) is 25.6 Å². The Balaban J connectivity index is 2.06. The minimum absolute atomic E-state index is 0.477. The van der Waals surface area contributed by atoms with E-state index in [1.807, 2.05) is 18.5 Å². The molecule has 2 nitrogen and oxygen atoms in total. The van der Waals surface area contributed by atoms with E-state index in [1.54, 1.807) is 5.01 Å². The molecule has 1 aromatic carbocycles. The van der Waals surface area contributed by atoms with Crippen LogP contribution in [0, 0.1) is 0 Å². The molecule has 0 fully saturated rings. The average Bonchev–Trinajstić information content (AvgIpc) is 2.57. The summed E-state index contributed by atoms with van der Waals surface area (Å²) in [6.45, 7) is 0.477. The minimum Gasteiger partial charge on any atom is -0.269 e. The lowest BCUT2D eigenvalue weighted by Gasteiger charge is -2.14. The fourth-order valence-electron chi connectivity index (χ4n) is 1.65. The first kappa shape index (κ1) is 12.7. The Labute approximate surface area is 103 Å². The highest BCUT2D eigenvalue weighted by atomic mass is 19.4. The molecule has 0 aliphatic carbocycles. The van der Waals surface area contributed by atoms with Gasteiger partial charge in [-0.25, -0.2) is 0 Å². The van der Waals surface area contributed by atoms with Gasteiger partial charge in [0.2, 0.25) is 0 Å². The van der Waals surface area contributed by atoms with Crippen LogP contribution in [0.15, 0.2) is 41.6 Å². The van der Waals surface area contributed by atoms with Gasteiger partial charge in [0.25, 0.3) is 0 Å². The van der Waals surface area contributed by atoms with E-state index in [1.165, 1.54) is 12.1 Å². The zero-order chi connectivity index (χ0) is 13.0. The van der Waals surface area contributed by atoms with Crippen molar-refractivity contribution in [2.75, 3.05) is 0 Å². The molecule has 18 heavy (non-hydrogen) atoms. The van der Waals surface area contributed by atoms with Gasteiger partial charge in [-0.3, -0.25) is 5.01 Å². The monoisotopic (exact) mass is 254 g/mol. The molecule has 1 heterocycles. The third-order valence-electron chi connectivity index (χ3n) is 2.60. The standard InChI is InChI=1S/C13H13F3N2/c14-13(15,16)12-6-4-11(5-7-12)10-18-9-3-1-2-8-17-18/h3-9H,1-2,10H2. The van der Waals surface area contributed by atoms with Crippen molar-refractivity contribution < 1.29 is 13.2 Å². The summed E-state index contributed by atoms with van der Waals surface area (Å²) in [5.74, 6) is 0. The molecule has 96 valence electrons. The van der Waals surface area contributed by atoms with Crippen LogP contribution in [0.25, 0.3) is 0 Å². The van der Waals surface area contributed by atoms with E-state index in [4.69, 9.17) is 0 Å². The molecule has 0 amide bonds. The van der Waals surface area contributed by atoms with Crippen LogP contribution in [0.5, 0.6) is 0 Å². The molecule has 1 aliphatic rings. The van der Waals surface area contributed by atoms with Gasteiger partial charge >= 0.3 is 6.18 Å². The summed E-state index contributed by atoms with van der Waals surface area (Å²) in [6, 6.07) is 5.16. The number of benzene rings is 1. The molecule has 2 rings (SSSR count). The Morgan fingerprint density at radius 1 is 1.11 bits per heavy atom. The third kappa shape index (κ3) is 3.35. The molecule has 1 aromatic rings. The second-order valence-electron chi connectivity index (χ2n) is 4.05. The molecule has 0 saturated heterocycles. The summed E-state index contributed by atoms with van der Waals surface area (Å²) in [4.78, 5) is 0. The zero-order valence-electron chi connectivity index (χ0n) is 9.69. The maximum atomic E-state index is 12.4. The van der Waals surface area contributed by atoms with Gasteiger partial charge in [-0.15, -0.1) is 0 Å². The van der Waals surface area contributed by atoms with Crippen molar-refractivity contribution >= 4 is 6.21 Å². The maximum absolute atomic E-state index is 12.4. The molecule has 0 saturated carbocycles. The van der Waals surface area contributed by atoms with Crippen LogP contribution >= 0.6 is 0 Å². The number of hydrazone groups is 1. The van der Waals surface area contributed by atoms with E-state index in [0.717, 1.165) is 30.5 Å². The number of nitrogens with zero attached hydrogens (tertiary/aromatic N) is 2. The van der Waals surface area contributed by atoms with Crippen molar-refractivity contribution in [3.05, 3.63) is 47.7 Å². The smallest absolute Gasteiger partial charge is 0.269 e. The van der Waals surface area contributed by atoms with Crippen LogP contribution in [0.2, 0.25) is 0 Å². The normalized spacial score (nSPS) is 15.8. The average molecular weight is 254 g/mol. The number of allylic oxidation sites excluding steroid dienone is 1. The van der Waals surface area contributed by atoms with Crippen LogP contribution in [0.1, 0.15) is 24.0 Å². The van der Waals surface area contributed by atoms with Gasteiger partial charge in [-0.05, 0) is 30.5 Å². The largest absolute Gasteiger partial charge is 0.416 e. The van der Waals surface area contributed by atoms with Gasteiger partial charge in [0, 0.05) is 12.4 Å². The molecule has 5 heteroatoms. The predicted octanol–water partition coefficient (Wildman–Crippen LogP) is 3.80. The van der Waals surface area contributed by atoms with Gasteiger partial charge in [0.1, 0.15) is 0 Å². The predicted molar refractivity (Wildman–Crippen MR) is 63.9 cm³/mol. The number of hydrogen-bond acceptors (Lipinski definition) is 2. The number of hydrogen-bond donors (Lipinski definition) is 0. The molecular weight excluding hydrogens is 241 g/mol. The maximum Gasteiger partial charge on any atom is 0.416 e. The van der Waals surface area contributed by atoms with Crippen molar-refractivity contribution in [1.82, 2.24) is 5.01 Å². The van der Waals surface area contributed by atoms with E-state index in [9.17, 15) is 13.2 Å². The van der Waals surface area contributed by atoms with Crippen LogP contribution in [0.4, 0.5) is 13.2 Å². The van der Waals surface area contributed by atoms with Gasteiger partial charge in [-0.2, -0.15) is 18.3 Å². The van der Waals surface area contributed by atoms with Crippen molar-refractivity contribution in [3.63, 3.8) is 0 Å². The highest BCUT2D eigenvalue weighted by Gasteiger charge is 2.29. The molecule has 0 bridgehead atoms. The van der Waals surface area contributed by atoms with Crippen LogP contribution < -0.4 is 0 Å². The lowest BCUT2D eigenvalue weighted by molar-refractivity contribution is -0.137. The fraction of sp³-hybridized carbons (Fsp3) is 0.308. The van der Waals surface area contributed by atoms with Gasteiger partial charge < -0.3 is 0 Å². The van der Waals surface area contributed by atoms with E-state index < -0.39 is 11.7 Å². The summed E-state index contributed by atoms with van der Waals surface area (Å²) in [5.41, 5.74) is 0.174. The molecule has 1 aliphatic heterocycles. The molecular formula is C13H13F3N2. The quantitative estimate of drug-likeness (QED) is 0.783.